The minimum absolute atomic E-state index is 0.531. The third-order valence-electron chi connectivity index (χ3n) is 2.24. The van der Waals surface area contributed by atoms with Crippen LogP contribution in [0, 0.1) is 0 Å². The molecule has 16 heavy (non-hydrogen) atoms. The van der Waals surface area contributed by atoms with Crippen LogP contribution in [0.2, 0.25) is 0 Å². The van der Waals surface area contributed by atoms with Crippen molar-refractivity contribution in [2.24, 2.45) is 0 Å². The van der Waals surface area contributed by atoms with Crippen molar-refractivity contribution in [1.29, 1.82) is 0 Å². The van der Waals surface area contributed by atoms with Gasteiger partial charge in [0, 0.05) is 18.4 Å². The van der Waals surface area contributed by atoms with Gasteiger partial charge in [0.15, 0.2) is 0 Å². The highest BCUT2D eigenvalue weighted by atomic mass is 79.9. The van der Waals surface area contributed by atoms with E-state index in [0.29, 0.717) is 6.04 Å². The molecule has 0 amide bonds. The molecule has 0 aromatic carbocycles. The Balaban J connectivity index is 0.000000386. The summed E-state index contributed by atoms with van der Waals surface area (Å²) in [5, 5.41) is 6.64. The van der Waals surface area contributed by atoms with Crippen molar-refractivity contribution >= 4 is 38.5 Å². The van der Waals surface area contributed by atoms with Gasteiger partial charge in [0.1, 0.15) is 32.5 Å². The van der Waals surface area contributed by atoms with Gasteiger partial charge in [0.05, 0.1) is 0 Å². The van der Waals surface area contributed by atoms with E-state index < -0.39 is 0 Å². The lowest BCUT2D eigenvalue weighted by Gasteiger charge is -2.23. The van der Waals surface area contributed by atoms with Crippen molar-refractivity contribution in [2.45, 2.75) is 18.9 Å². The van der Waals surface area contributed by atoms with Crippen LogP contribution in [0.15, 0.2) is 18.5 Å². The molecule has 0 saturated carbocycles. The normalized spacial score (nSPS) is 16.1. The monoisotopic (exact) mass is 352 g/mol. The van der Waals surface area contributed by atoms with Crippen LogP contribution in [0.25, 0.3) is 0 Å². The van der Waals surface area contributed by atoms with Crippen LogP contribution in [0.1, 0.15) is 12.8 Å². The number of aromatic nitrogens is 2. The van der Waals surface area contributed by atoms with E-state index >= 15 is 0 Å². The number of nitrogens with zero attached hydrogens (tertiary/aromatic N) is 2. The predicted molar refractivity (Wildman–Crippen MR) is 70.5 cm³/mol. The Kier molecular flexibility index (Phi) is 7.65. The SMILES string of the molecule is BrOBr.c1cnc(NC2CCNCC2)nc1. The molecule has 0 aliphatic carbocycles. The van der Waals surface area contributed by atoms with Crippen LogP contribution in [0.4, 0.5) is 5.95 Å². The van der Waals surface area contributed by atoms with E-state index in [-0.39, 0.29) is 0 Å². The molecule has 1 saturated heterocycles. The van der Waals surface area contributed by atoms with E-state index in [1.807, 2.05) is 6.07 Å². The maximum atomic E-state index is 4.13. The Morgan fingerprint density at radius 3 is 2.38 bits per heavy atom. The number of piperidine rings is 1. The summed E-state index contributed by atoms with van der Waals surface area (Å²) < 4.78 is 3.88. The fraction of sp³-hybridized carbons (Fsp3) is 0.556. The molecule has 90 valence electrons. The van der Waals surface area contributed by atoms with Gasteiger partial charge >= 0.3 is 0 Å². The zero-order valence-corrected chi connectivity index (χ0v) is 11.9. The molecule has 0 radical (unpaired) electrons. The molecule has 1 aromatic heterocycles. The van der Waals surface area contributed by atoms with Gasteiger partial charge in [0.25, 0.3) is 0 Å². The molecule has 0 unspecified atom stereocenters. The Bertz CT molecular complexity index is 269. The van der Waals surface area contributed by atoms with Gasteiger partial charge in [-0.2, -0.15) is 0 Å². The first-order chi connectivity index (χ1) is 7.86. The van der Waals surface area contributed by atoms with Crippen molar-refractivity contribution in [3.63, 3.8) is 0 Å². The maximum absolute atomic E-state index is 4.13. The van der Waals surface area contributed by atoms with E-state index in [1.165, 1.54) is 0 Å². The lowest BCUT2D eigenvalue weighted by molar-refractivity contribution is 0.477. The summed E-state index contributed by atoms with van der Waals surface area (Å²) >= 11 is 5.12. The van der Waals surface area contributed by atoms with Crippen molar-refractivity contribution in [3.05, 3.63) is 18.5 Å². The van der Waals surface area contributed by atoms with Gasteiger partial charge in [-0.15, -0.1) is 0 Å². The number of rotatable bonds is 2. The lowest BCUT2D eigenvalue weighted by Crippen LogP contribution is -2.35. The summed E-state index contributed by atoms with van der Waals surface area (Å²) in [4.78, 5) is 8.26. The molecule has 1 aliphatic rings. The minimum atomic E-state index is 0.531. The first-order valence-electron chi connectivity index (χ1n) is 5.00. The number of hydrogen-bond donors (Lipinski definition) is 2. The summed E-state index contributed by atoms with van der Waals surface area (Å²) in [7, 11) is 0. The average Bonchev–Trinajstić information content (AvgIpc) is 2.33. The summed E-state index contributed by atoms with van der Waals surface area (Å²) in [6, 6.07) is 2.36. The fourth-order valence-corrected chi connectivity index (χ4v) is 1.52. The van der Waals surface area contributed by atoms with Gasteiger partial charge < -0.3 is 10.6 Å². The maximum Gasteiger partial charge on any atom is 0.222 e. The zero-order valence-electron chi connectivity index (χ0n) is 8.70. The second kappa shape index (κ2) is 8.86. The van der Waals surface area contributed by atoms with Crippen LogP contribution in [0.5, 0.6) is 0 Å². The summed E-state index contributed by atoms with van der Waals surface area (Å²) in [6.45, 7) is 2.18. The van der Waals surface area contributed by atoms with Gasteiger partial charge in [-0.1, -0.05) is 0 Å². The molecule has 0 bridgehead atoms. The van der Waals surface area contributed by atoms with E-state index in [2.05, 4.69) is 56.0 Å². The van der Waals surface area contributed by atoms with Crippen molar-refractivity contribution < 1.29 is 2.92 Å². The smallest absolute Gasteiger partial charge is 0.222 e. The Morgan fingerprint density at radius 1 is 1.25 bits per heavy atom. The molecule has 0 spiro atoms. The third kappa shape index (κ3) is 5.74. The van der Waals surface area contributed by atoms with Crippen LogP contribution >= 0.6 is 32.5 Å². The predicted octanol–water partition coefficient (Wildman–Crippen LogP) is 2.26. The van der Waals surface area contributed by atoms with Crippen LogP contribution < -0.4 is 10.6 Å². The largest absolute Gasteiger partial charge is 0.351 e. The number of halogens is 2. The molecular weight excluding hydrogens is 340 g/mol. The average molecular weight is 354 g/mol. The second-order valence-electron chi connectivity index (χ2n) is 3.30. The molecule has 7 heteroatoms. The van der Waals surface area contributed by atoms with Crippen molar-refractivity contribution in [3.8, 4) is 0 Å². The van der Waals surface area contributed by atoms with E-state index in [9.17, 15) is 0 Å². The van der Waals surface area contributed by atoms with Gasteiger partial charge in [-0.05, 0) is 32.0 Å². The van der Waals surface area contributed by atoms with E-state index in [4.69, 9.17) is 0 Å². The highest BCUT2D eigenvalue weighted by Gasteiger charge is 2.12. The third-order valence-corrected chi connectivity index (χ3v) is 2.24. The molecule has 2 heterocycles. The van der Waals surface area contributed by atoms with Crippen LogP contribution in [-0.4, -0.2) is 29.1 Å². The number of nitrogens with one attached hydrogen (secondary N) is 2. The highest BCUT2D eigenvalue weighted by molar-refractivity contribution is 9.18. The summed E-state index contributed by atoms with van der Waals surface area (Å²) in [6.07, 6.45) is 5.82. The molecule has 2 rings (SSSR count). The standard InChI is InChI=1S/C9H14N4.Br2O/c1-4-11-9(12-5-1)13-8-2-6-10-7-3-8;1-3-2/h1,4-5,8,10H,2-3,6-7H2,(H,11,12,13);. The zero-order chi connectivity index (χ0) is 11.6. The molecule has 1 fully saturated rings. The molecule has 5 nitrogen and oxygen atoms in total. The molecule has 2 N–H and O–H groups in total. The fourth-order valence-electron chi connectivity index (χ4n) is 1.52. The molecular formula is C9H14Br2N4O. The topological polar surface area (TPSA) is 59.1 Å². The Hall–Kier alpha value is -0.240. The quantitative estimate of drug-likeness (QED) is 0.854. The lowest BCUT2D eigenvalue weighted by atomic mass is 10.1. The minimum Gasteiger partial charge on any atom is -0.351 e. The molecule has 1 aromatic rings. The van der Waals surface area contributed by atoms with Gasteiger partial charge in [-0.25, -0.2) is 12.9 Å². The summed E-state index contributed by atoms with van der Waals surface area (Å²) in [5.74, 6) is 0.745. The second-order valence-corrected chi connectivity index (χ2v) is 4.82. The molecule has 1 aliphatic heterocycles. The first-order valence-corrected chi connectivity index (χ1v) is 6.30. The highest BCUT2D eigenvalue weighted by Crippen LogP contribution is 2.07. The van der Waals surface area contributed by atoms with Crippen molar-refractivity contribution in [1.82, 2.24) is 15.3 Å². The van der Waals surface area contributed by atoms with Gasteiger partial charge in [-0.3, -0.25) is 0 Å². The van der Waals surface area contributed by atoms with Crippen molar-refractivity contribution in [2.75, 3.05) is 18.4 Å². The summed E-state index contributed by atoms with van der Waals surface area (Å²) in [5.41, 5.74) is 0. The molecule has 0 atom stereocenters. The van der Waals surface area contributed by atoms with Gasteiger partial charge in [0.2, 0.25) is 5.95 Å². The van der Waals surface area contributed by atoms with Crippen LogP contribution in [0.3, 0.4) is 0 Å². The number of hydrogen-bond acceptors (Lipinski definition) is 5. The van der Waals surface area contributed by atoms with E-state index in [0.717, 1.165) is 31.9 Å². The Morgan fingerprint density at radius 2 is 1.81 bits per heavy atom. The first kappa shape index (κ1) is 13.8. The Labute approximate surface area is 112 Å². The van der Waals surface area contributed by atoms with E-state index in [1.54, 1.807) is 12.4 Å². The number of anilines is 1. The van der Waals surface area contributed by atoms with Crippen LogP contribution in [-0.2, 0) is 2.92 Å².